The molecule has 0 unspecified atom stereocenters. The van der Waals surface area contributed by atoms with Crippen LogP contribution in [0.3, 0.4) is 0 Å². The van der Waals surface area contributed by atoms with Crippen LogP contribution in [0.5, 0.6) is 17.2 Å². The first-order chi connectivity index (χ1) is 13.8. The minimum atomic E-state index is -0.443. The third kappa shape index (κ3) is 5.35. The second kappa shape index (κ2) is 9.74. The number of thiocarbonyl (C=S) groups is 1. The Labute approximate surface area is 174 Å². The van der Waals surface area contributed by atoms with Crippen molar-refractivity contribution in [3.8, 4) is 17.2 Å². The zero-order valence-electron chi connectivity index (χ0n) is 16.9. The van der Waals surface area contributed by atoms with E-state index in [2.05, 4.69) is 10.6 Å². The molecule has 2 aromatic carbocycles. The first-order valence-corrected chi connectivity index (χ1v) is 8.95. The summed E-state index contributed by atoms with van der Waals surface area (Å²) < 4.78 is 15.8. The van der Waals surface area contributed by atoms with Gasteiger partial charge < -0.3 is 24.4 Å². The molecule has 2 aromatic rings. The van der Waals surface area contributed by atoms with Crippen molar-refractivity contribution >= 4 is 34.8 Å². The molecule has 154 valence electrons. The highest BCUT2D eigenvalue weighted by atomic mass is 32.1. The summed E-state index contributed by atoms with van der Waals surface area (Å²) in [4.78, 5) is 26.0. The van der Waals surface area contributed by atoms with Gasteiger partial charge in [-0.2, -0.15) is 0 Å². The van der Waals surface area contributed by atoms with E-state index < -0.39 is 5.91 Å². The second-order valence-electron chi connectivity index (χ2n) is 6.10. The Kier molecular flexibility index (Phi) is 7.38. The number of nitrogens with one attached hydrogen (secondary N) is 2. The standard InChI is InChI=1S/C20H23N3O5S/c1-23(2)19(25)12-6-8-14(9-7-12)21-20(29)22-18(24)13-10-15(26-3)17(28-5)16(11-13)27-4/h6-11H,1-5H3,(H2,21,22,24,29). The van der Waals surface area contributed by atoms with Gasteiger partial charge in [0.1, 0.15) is 0 Å². The van der Waals surface area contributed by atoms with Crippen molar-refractivity contribution < 1.29 is 23.8 Å². The third-order valence-electron chi connectivity index (χ3n) is 3.95. The minimum absolute atomic E-state index is 0.102. The molecule has 0 saturated carbocycles. The van der Waals surface area contributed by atoms with Crippen molar-refractivity contribution in [2.24, 2.45) is 0 Å². The number of rotatable bonds is 6. The maximum Gasteiger partial charge on any atom is 0.257 e. The van der Waals surface area contributed by atoms with Crippen LogP contribution in [0, 0.1) is 0 Å². The Morgan fingerprint density at radius 1 is 0.897 bits per heavy atom. The lowest BCUT2D eigenvalue weighted by atomic mass is 10.1. The summed E-state index contributed by atoms with van der Waals surface area (Å²) >= 11 is 5.20. The van der Waals surface area contributed by atoms with Gasteiger partial charge in [-0.15, -0.1) is 0 Å². The number of benzene rings is 2. The largest absolute Gasteiger partial charge is 0.493 e. The van der Waals surface area contributed by atoms with Crippen molar-refractivity contribution in [1.29, 1.82) is 0 Å². The summed E-state index contributed by atoms with van der Waals surface area (Å²) in [5.74, 6) is 0.560. The molecule has 0 bridgehead atoms. The maximum absolute atomic E-state index is 12.6. The topological polar surface area (TPSA) is 89.1 Å². The van der Waals surface area contributed by atoms with Crippen LogP contribution in [-0.2, 0) is 0 Å². The molecule has 0 aliphatic rings. The lowest BCUT2D eigenvalue weighted by Crippen LogP contribution is -2.34. The molecule has 0 spiro atoms. The van der Waals surface area contributed by atoms with Gasteiger partial charge in [-0.1, -0.05) is 0 Å². The van der Waals surface area contributed by atoms with E-state index in [0.717, 1.165) is 0 Å². The molecule has 0 atom stereocenters. The summed E-state index contributed by atoms with van der Waals surface area (Å²) in [5.41, 5.74) is 1.47. The number of amides is 2. The predicted octanol–water partition coefficient (Wildman–Crippen LogP) is 2.54. The van der Waals surface area contributed by atoms with Crippen LogP contribution in [0.1, 0.15) is 20.7 Å². The molecule has 0 aliphatic heterocycles. The quantitative estimate of drug-likeness (QED) is 0.698. The third-order valence-corrected chi connectivity index (χ3v) is 4.15. The number of hydrogen-bond donors (Lipinski definition) is 2. The van der Waals surface area contributed by atoms with Gasteiger partial charge in [0, 0.05) is 30.9 Å². The highest BCUT2D eigenvalue weighted by molar-refractivity contribution is 7.80. The molecule has 2 amide bonds. The van der Waals surface area contributed by atoms with Crippen LogP contribution in [0.2, 0.25) is 0 Å². The van der Waals surface area contributed by atoms with Gasteiger partial charge in [0.2, 0.25) is 5.75 Å². The molecule has 8 nitrogen and oxygen atoms in total. The lowest BCUT2D eigenvalue weighted by Gasteiger charge is -2.15. The number of carbonyl (C=O) groups excluding carboxylic acids is 2. The van der Waals surface area contributed by atoms with Crippen molar-refractivity contribution in [3.63, 3.8) is 0 Å². The summed E-state index contributed by atoms with van der Waals surface area (Å²) in [6, 6.07) is 9.81. The van der Waals surface area contributed by atoms with Crippen LogP contribution in [0.25, 0.3) is 0 Å². The van der Waals surface area contributed by atoms with Gasteiger partial charge in [-0.25, -0.2) is 0 Å². The molecule has 2 N–H and O–H groups in total. The first kappa shape index (κ1) is 22.0. The fourth-order valence-electron chi connectivity index (χ4n) is 2.50. The summed E-state index contributed by atoms with van der Waals surface area (Å²) in [7, 11) is 7.78. The van der Waals surface area contributed by atoms with E-state index in [4.69, 9.17) is 26.4 Å². The van der Waals surface area contributed by atoms with Gasteiger partial charge in [0.15, 0.2) is 16.6 Å². The van der Waals surface area contributed by atoms with E-state index in [1.165, 1.54) is 38.4 Å². The number of nitrogens with zero attached hydrogens (tertiary/aromatic N) is 1. The number of methoxy groups -OCH3 is 3. The molecule has 0 aromatic heterocycles. The molecular weight excluding hydrogens is 394 g/mol. The smallest absolute Gasteiger partial charge is 0.257 e. The molecular formula is C20H23N3O5S. The highest BCUT2D eigenvalue weighted by Gasteiger charge is 2.17. The van der Waals surface area contributed by atoms with E-state index in [9.17, 15) is 9.59 Å². The van der Waals surface area contributed by atoms with Gasteiger partial charge in [-0.3, -0.25) is 14.9 Å². The minimum Gasteiger partial charge on any atom is -0.493 e. The summed E-state index contributed by atoms with van der Waals surface area (Å²) in [6.45, 7) is 0. The van der Waals surface area contributed by atoms with E-state index in [1.54, 1.807) is 38.4 Å². The Morgan fingerprint density at radius 3 is 1.90 bits per heavy atom. The summed E-state index contributed by atoms with van der Waals surface area (Å²) in [5, 5.41) is 5.61. The van der Waals surface area contributed by atoms with Crippen molar-refractivity contribution in [2.75, 3.05) is 40.7 Å². The van der Waals surface area contributed by atoms with Gasteiger partial charge in [-0.05, 0) is 48.6 Å². The summed E-state index contributed by atoms with van der Waals surface area (Å²) in [6.07, 6.45) is 0. The van der Waals surface area contributed by atoms with E-state index in [0.29, 0.717) is 28.5 Å². The molecule has 0 saturated heterocycles. The normalized spacial score (nSPS) is 9.97. The molecule has 29 heavy (non-hydrogen) atoms. The van der Waals surface area contributed by atoms with Gasteiger partial charge in [0.05, 0.1) is 21.3 Å². The average molecular weight is 417 g/mol. The average Bonchev–Trinajstić information content (AvgIpc) is 2.72. The van der Waals surface area contributed by atoms with Crippen LogP contribution in [-0.4, -0.2) is 57.3 Å². The van der Waals surface area contributed by atoms with Crippen LogP contribution < -0.4 is 24.8 Å². The van der Waals surface area contributed by atoms with Crippen LogP contribution in [0.15, 0.2) is 36.4 Å². The highest BCUT2D eigenvalue weighted by Crippen LogP contribution is 2.38. The SMILES string of the molecule is COc1cc(C(=O)NC(=S)Nc2ccc(C(=O)N(C)C)cc2)cc(OC)c1OC. The van der Waals surface area contributed by atoms with E-state index in [1.807, 2.05) is 0 Å². The van der Waals surface area contributed by atoms with Crippen molar-refractivity contribution in [3.05, 3.63) is 47.5 Å². The molecule has 0 radical (unpaired) electrons. The molecule has 9 heteroatoms. The zero-order valence-corrected chi connectivity index (χ0v) is 17.7. The lowest BCUT2D eigenvalue weighted by molar-refractivity contribution is 0.0827. The van der Waals surface area contributed by atoms with Crippen molar-refractivity contribution in [2.45, 2.75) is 0 Å². The van der Waals surface area contributed by atoms with Gasteiger partial charge >= 0.3 is 0 Å². The van der Waals surface area contributed by atoms with Crippen LogP contribution >= 0.6 is 12.2 Å². The number of hydrogen-bond acceptors (Lipinski definition) is 6. The first-order valence-electron chi connectivity index (χ1n) is 8.54. The van der Waals surface area contributed by atoms with Crippen molar-refractivity contribution in [1.82, 2.24) is 10.2 Å². The molecule has 0 aliphatic carbocycles. The maximum atomic E-state index is 12.6. The van der Waals surface area contributed by atoms with Crippen LogP contribution in [0.4, 0.5) is 5.69 Å². The van der Waals surface area contributed by atoms with E-state index in [-0.39, 0.29) is 16.6 Å². The fourth-order valence-corrected chi connectivity index (χ4v) is 2.71. The Balaban J connectivity index is 2.09. The fraction of sp³-hybridized carbons (Fsp3) is 0.250. The second-order valence-corrected chi connectivity index (χ2v) is 6.51. The Morgan fingerprint density at radius 2 is 1.45 bits per heavy atom. The monoisotopic (exact) mass is 417 g/mol. The Bertz CT molecular complexity index is 888. The predicted molar refractivity (Wildman–Crippen MR) is 114 cm³/mol. The molecule has 2 rings (SSSR count). The molecule has 0 heterocycles. The number of carbonyl (C=O) groups is 2. The van der Waals surface area contributed by atoms with Gasteiger partial charge in [0.25, 0.3) is 11.8 Å². The zero-order chi connectivity index (χ0) is 21.6. The Hall–Kier alpha value is -3.33. The molecule has 0 fully saturated rings. The number of ether oxygens (including phenoxy) is 3. The van der Waals surface area contributed by atoms with E-state index >= 15 is 0 Å². The number of anilines is 1.